The lowest BCUT2D eigenvalue weighted by Crippen LogP contribution is -2.24. The van der Waals surface area contributed by atoms with Crippen molar-refractivity contribution in [3.63, 3.8) is 0 Å². The second-order valence-electron chi connectivity index (χ2n) is 6.00. The first-order chi connectivity index (χ1) is 12.5. The molecule has 1 atom stereocenters. The first kappa shape index (κ1) is 17.6. The summed E-state index contributed by atoms with van der Waals surface area (Å²) in [5.74, 6) is 0.365. The minimum atomic E-state index is -0.722. The Balaban J connectivity index is 0.000000206. The van der Waals surface area contributed by atoms with Crippen molar-refractivity contribution in [2.45, 2.75) is 12.5 Å². The van der Waals surface area contributed by atoms with Crippen LogP contribution in [0.25, 0.3) is 22.4 Å². The molecule has 1 unspecified atom stereocenters. The second-order valence-corrected chi connectivity index (χ2v) is 6.00. The van der Waals surface area contributed by atoms with E-state index in [1.54, 1.807) is 19.5 Å². The van der Waals surface area contributed by atoms with Gasteiger partial charge in [0.15, 0.2) is 0 Å². The molecule has 3 aromatic rings. The number of benzene rings is 1. The smallest absolute Gasteiger partial charge is 0.251 e. The zero-order valence-corrected chi connectivity index (χ0v) is 14.4. The van der Waals surface area contributed by atoms with E-state index in [1.807, 2.05) is 42.5 Å². The number of amides is 1. The number of likely N-dealkylation sites (tertiary alicyclic amines) is 1. The Labute approximate surface area is 151 Å². The highest BCUT2D eigenvalue weighted by molar-refractivity contribution is 5.82. The molecule has 1 aliphatic rings. The molecule has 3 heterocycles. The highest BCUT2D eigenvalue weighted by atomic mass is 16.5. The number of hydrogen-bond donors (Lipinski definition) is 2. The summed E-state index contributed by atoms with van der Waals surface area (Å²) in [5, 5.41) is 12.7. The molecule has 7 heteroatoms. The van der Waals surface area contributed by atoms with Gasteiger partial charge in [-0.05, 0) is 35.7 Å². The van der Waals surface area contributed by atoms with Crippen molar-refractivity contribution in [3.8, 4) is 22.4 Å². The van der Waals surface area contributed by atoms with E-state index in [9.17, 15) is 4.79 Å². The normalized spacial score (nSPS) is 16.3. The van der Waals surface area contributed by atoms with Gasteiger partial charge in [0.2, 0.25) is 0 Å². The van der Waals surface area contributed by atoms with Crippen LogP contribution in [-0.2, 0) is 4.79 Å². The summed E-state index contributed by atoms with van der Waals surface area (Å²) in [4.78, 5) is 16.1. The van der Waals surface area contributed by atoms with Gasteiger partial charge in [-0.3, -0.25) is 4.79 Å². The van der Waals surface area contributed by atoms with Crippen molar-refractivity contribution in [2.75, 3.05) is 19.3 Å². The van der Waals surface area contributed by atoms with Crippen molar-refractivity contribution in [3.05, 3.63) is 54.9 Å². The third kappa shape index (κ3) is 4.07. The zero-order chi connectivity index (χ0) is 18.5. The molecule has 0 aliphatic carbocycles. The first-order valence-electron chi connectivity index (χ1n) is 8.20. The number of likely N-dealkylation sites (N-methyl/N-ethyl adjacent to an activating group) is 1. The van der Waals surface area contributed by atoms with Crippen LogP contribution in [0.1, 0.15) is 6.42 Å². The number of carbonyl (C=O) groups is 1. The number of nitrogens with two attached hydrogens (primary N) is 1. The van der Waals surface area contributed by atoms with E-state index >= 15 is 0 Å². The molecule has 4 rings (SSSR count). The average Bonchev–Trinajstić information content (AvgIpc) is 3.29. The van der Waals surface area contributed by atoms with Gasteiger partial charge in [0, 0.05) is 31.4 Å². The van der Waals surface area contributed by atoms with Crippen LogP contribution in [0.3, 0.4) is 0 Å². The predicted octanol–water partition coefficient (Wildman–Crippen LogP) is 2.20. The topological polar surface area (TPSA) is 105 Å². The minimum Gasteiger partial charge on any atom is -0.384 e. The van der Waals surface area contributed by atoms with E-state index in [1.165, 1.54) is 4.90 Å². The Kier molecular flexibility index (Phi) is 5.28. The van der Waals surface area contributed by atoms with Gasteiger partial charge in [0.25, 0.3) is 5.91 Å². The van der Waals surface area contributed by atoms with Gasteiger partial charge < -0.3 is 20.3 Å². The first-order valence-corrected chi connectivity index (χ1v) is 8.20. The number of aliphatic hydroxyl groups is 1. The molecule has 1 amide bonds. The van der Waals surface area contributed by atoms with Crippen LogP contribution in [0.15, 0.2) is 59.4 Å². The standard InChI is InChI=1S/C14H11N3O.C5H9NO2/c15-14-9-11(4-6-16-14)10-2-1-3-12(8-10)13-5-7-18-17-13;1-6-3-2-4(7)5(6)8/h1-9H,(H2,15,16);4,7H,2-3H2,1H3. The molecule has 2 aromatic heterocycles. The van der Waals surface area contributed by atoms with Gasteiger partial charge in [-0.15, -0.1) is 0 Å². The molecule has 1 aromatic carbocycles. The van der Waals surface area contributed by atoms with E-state index in [4.69, 9.17) is 15.4 Å². The largest absolute Gasteiger partial charge is 0.384 e. The molecule has 0 spiro atoms. The number of nitrogens with zero attached hydrogens (tertiary/aromatic N) is 3. The maximum atomic E-state index is 10.6. The Morgan fingerprint density at radius 2 is 1.96 bits per heavy atom. The molecule has 134 valence electrons. The van der Waals surface area contributed by atoms with E-state index in [2.05, 4.69) is 10.1 Å². The lowest BCUT2D eigenvalue weighted by molar-refractivity contribution is -0.133. The van der Waals surface area contributed by atoms with Crippen molar-refractivity contribution in [2.24, 2.45) is 0 Å². The molecule has 0 bridgehead atoms. The molecule has 1 saturated heterocycles. The predicted molar refractivity (Wildman–Crippen MR) is 97.8 cm³/mol. The van der Waals surface area contributed by atoms with Crippen molar-refractivity contribution in [1.82, 2.24) is 15.0 Å². The Bertz CT molecular complexity index is 868. The van der Waals surface area contributed by atoms with Gasteiger partial charge in [-0.25, -0.2) is 4.98 Å². The monoisotopic (exact) mass is 352 g/mol. The fourth-order valence-corrected chi connectivity index (χ4v) is 2.65. The number of aromatic nitrogens is 2. The number of anilines is 1. The molecular weight excluding hydrogens is 332 g/mol. The van der Waals surface area contributed by atoms with Crippen LogP contribution in [0.5, 0.6) is 0 Å². The summed E-state index contributed by atoms with van der Waals surface area (Å²) in [7, 11) is 1.69. The summed E-state index contributed by atoms with van der Waals surface area (Å²) >= 11 is 0. The molecule has 0 radical (unpaired) electrons. The van der Waals surface area contributed by atoms with E-state index in [0.29, 0.717) is 18.8 Å². The Hall–Kier alpha value is -3.19. The van der Waals surface area contributed by atoms with Crippen LogP contribution in [0.2, 0.25) is 0 Å². The number of nitrogen functional groups attached to an aromatic ring is 1. The van der Waals surface area contributed by atoms with Gasteiger partial charge in [-0.1, -0.05) is 23.4 Å². The van der Waals surface area contributed by atoms with E-state index < -0.39 is 6.10 Å². The maximum Gasteiger partial charge on any atom is 0.251 e. The van der Waals surface area contributed by atoms with Gasteiger partial charge in [0.1, 0.15) is 23.9 Å². The number of hydrogen-bond acceptors (Lipinski definition) is 6. The number of carbonyl (C=O) groups excluding carboxylic acids is 1. The highest BCUT2D eigenvalue weighted by Crippen LogP contribution is 2.25. The lowest BCUT2D eigenvalue weighted by atomic mass is 10.0. The molecule has 1 fully saturated rings. The summed E-state index contributed by atoms with van der Waals surface area (Å²) in [6, 6.07) is 13.7. The summed E-state index contributed by atoms with van der Waals surface area (Å²) in [6.07, 6.45) is 3.13. The zero-order valence-electron chi connectivity index (χ0n) is 14.4. The van der Waals surface area contributed by atoms with Crippen molar-refractivity contribution in [1.29, 1.82) is 0 Å². The number of pyridine rings is 1. The van der Waals surface area contributed by atoms with Gasteiger partial charge >= 0.3 is 0 Å². The van der Waals surface area contributed by atoms with E-state index in [-0.39, 0.29) is 5.91 Å². The fourth-order valence-electron chi connectivity index (χ4n) is 2.65. The lowest BCUT2D eigenvalue weighted by Gasteiger charge is -2.04. The number of rotatable bonds is 2. The van der Waals surface area contributed by atoms with Crippen LogP contribution in [0.4, 0.5) is 5.82 Å². The Morgan fingerprint density at radius 3 is 2.54 bits per heavy atom. The fraction of sp³-hybridized carbons (Fsp3) is 0.211. The second kappa shape index (κ2) is 7.79. The van der Waals surface area contributed by atoms with Gasteiger partial charge in [-0.2, -0.15) is 0 Å². The minimum absolute atomic E-state index is 0.148. The summed E-state index contributed by atoms with van der Waals surface area (Å²) in [5.41, 5.74) is 9.63. The number of aliphatic hydroxyl groups excluding tert-OH is 1. The molecular formula is C19H20N4O3. The van der Waals surface area contributed by atoms with Gasteiger partial charge in [0.05, 0.1) is 0 Å². The molecule has 26 heavy (non-hydrogen) atoms. The summed E-state index contributed by atoms with van der Waals surface area (Å²) in [6.45, 7) is 0.694. The van der Waals surface area contributed by atoms with Crippen molar-refractivity contribution < 1.29 is 14.4 Å². The van der Waals surface area contributed by atoms with Crippen LogP contribution in [0, 0.1) is 0 Å². The molecule has 7 nitrogen and oxygen atoms in total. The quantitative estimate of drug-likeness (QED) is 0.732. The van der Waals surface area contributed by atoms with Crippen LogP contribution >= 0.6 is 0 Å². The molecule has 1 aliphatic heterocycles. The van der Waals surface area contributed by atoms with Crippen molar-refractivity contribution >= 4 is 11.7 Å². The van der Waals surface area contributed by atoms with Crippen LogP contribution < -0.4 is 5.73 Å². The molecule has 0 saturated carbocycles. The Morgan fingerprint density at radius 1 is 1.19 bits per heavy atom. The summed E-state index contributed by atoms with van der Waals surface area (Å²) < 4.78 is 4.85. The average molecular weight is 352 g/mol. The van der Waals surface area contributed by atoms with Crippen LogP contribution in [-0.4, -0.2) is 45.8 Å². The molecule has 3 N–H and O–H groups in total. The maximum absolute atomic E-state index is 10.6. The SMILES string of the molecule is CN1CCC(O)C1=O.Nc1cc(-c2cccc(-c3ccon3)c2)ccn1. The third-order valence-electron chi connectivity index (χ3n) is 4.11. The highest BCUT2D eigenvalue weighted by Gasteiger charge is 2.25. The van der Waals surface area contributed by atoms with E-state index in [0.717, 1.165) is 22.4 Å². The third-order valence-corrected chi connectivity index (χ3v) is 4.11.